The summed E-state index contributed by atoms with van der Waals surface area (Å²) in [7, 11) is 0. The summed E-state index contributed by atoms with van der Waals surface area (Å²) in [5.41, 5.74) is 0.910. The van der Waals surface area contributed by atoms with Gasteiger partial charge in [0.2, 0.25) is 0 Å². The number of carboxylic acid groups (broad SMARTS) is 1. The minimum Gasteiger partial charge on any atom is -0.477 e. The van der Waals surface area contributed by atoms with E-state index in [4.69, 9.17) is 5.11 Å². The summed E-state index contributed by atoms with van der Waals surface area (Å²) in [6.07, 6.45) is 1.05. The van der Waals surface area contributed by atoms with Gasteiger partial charge in [-0.3, -0.25) is 4.68 Å². The van der Waals surface area contributed by atoms with Gasteiger partial charge in [-0.15, -0.1) is 11.3 Å². The molecule has 0 radical (unpaired) electrons. The second-order valence-electron chi connectivity index (χ2n) is 4.63. The molecule has 2 rings (SSSR count). The molecule has 0 unspecified atom stereocenters. The monoisotopic (exact) mass is 252 g/mol. The normalized spacial score (nSPS) is 11.5. The third-order valence-electron chi connectivity index (χ3n) is 2.74. The van der Waals surface area contributed by atoms with Crippen LogP contribution in [0.5, 0.6) is 0 Å². The highest BCUT2D eigenvalue weighted by Gasteiger charge is 2.15. The molecule has 0 bridgehead atoms. The molecule has 92 valence electrons. The lowest BCUT2D eigenvalue weighted by Crippen LogP contribution is -2.02. The van der Waals surface area contributed by atoms with E-state index in [0.717, 1.165) is 28.9 Å². The molecular formula is C12H16N2O2S. The first-order chi connectivity index (χ1) is 7.99. The zero-order valence-electron chi connectivity index (χ0n) is 10.2. The number of aryl methyl sites for hydroxylation is 2. The fourth-order valence-electron chi connectivity index (χ4n) is 1.75. The largest absolute Gasteiger partial charge is 0.477 e. The van der Waals surface area contributed by atoms with Crippen molar-refractivity contribution >= 4 is 27.5 Å². The van der Waals surface area contributed by atoms with Gasteiger partial charge in [-0.05, 0) is 25.3 Å². The van der Waals surface area contributed by atoms with Crippen molar-refractivity contribution in [1.82, 2.24) is 9.78 Å². The molecule has 0 aromatic carbocycles. The number of nitrogens with zero attached hydrogens (tertiary/aromatic N) is 2. The van der Waals surface area contributed by atoms with Gasteiger partial charge in [-0.2, -0.15) is 5.10 Å². The topological polar surface area (TPSA) is 55.1 Å². The summed E-state index contributed by atoms with van der Waals surface area (Å²) < 4.78 is 1.93. The fourth-order valence-corrected chi connectivity index (χ4v) is 2.78. The second-order valence-corrected chi connectivity index (χ2v) is 5.66. The summed E-state index contributed by atoms with van der Waals surface area (Å²) in [6, 6.07) is 1.72. The highest BCUT2D eigenvalue weighted by atomic mass is 32.1. The van der Waals surface area contributed by atoms with Crippen molar-refractivity contribution in [1.29, 1.82) is 0 Å². The summed E-state index contributed by atoms with van der Waals surface area (Å²) in [5, 5.41) is 14.4. The molecule has 0 aliphatic heterocycles. The maximum atomic E-state index is 10.9. The van der Waals surface area contributed by atoms with Crippen molar-refractivity contribution in [3.05, 3.63) is 16.6 Å². The Hall–Kier alpha value is -1.36. The van der Waals surface area contributed by atoms with Gasteiger partial charge in [-0.25, -0.2) is 4.79 Å². The van der Waals surface area contributed by atoms with Crippen molar-refractivity contribution in [2.45, 2.75) is 33.7 Å². The number of fused-ring (bicyclic) bond motifs is 1. The van der Waals surface area contributed by atoms with Crippen LogP contribution in [0.3, 0.4) is 0 Å². The van der Waals surface area contributed by atoms with Crippen LogP contribution < -0.4 is 0 Å². The van der Waals surface area contributed by atoms with E-state index in [1.54, 1.807) is 6.07 Å². The van der Waals surface area contributed by atoms with Crippen LogP contribution >= 0.6 is 11.3 Å². The lowest BCUT2D eigenvalue weighted by Gasteiger charge is -2.04. The fraction of sp³-hybridized carbons (Fsp3) is 0.500. The Bertz CT molecular complexity index is 554. The van der Waals surface area contributed by atoms with E-state index in [1.165, 1.54) is 11.3 Å². The molecule has 2 aromatic rings. The number of thiophene rings is 1. The Balaban J connectivity index is 2.39. The lowest BCUT2D eigenvalue weighted by atomic mass is 10.1. The Morgan fingerprint density at radius 2 is 2.29 bits per heavy atom. The van der Waals surface area contributed by atoms with E-state index in [1.807, 2.05) is 11.6 Å². The van der Waals surface area contributed by atoms with Gasteiger partial charge in [0.1, 0.15) is 9.71 Å². The number of hydrogen-bond acceptors (Lipinski definition) is 3. The predicted molar refractivity (Wildman–Crippen MR) is 68.8 cm³/mol. The van der Waals surface area contributed by atoms with Crippen LogP contribution in [0.1, 0.15) is 35.6 Å². The first-order valence-corrected chi connectivity index (χ1v) is 6.51. The summed E-state index contributed by atoms with van der Waals surface area (Å²) >= 11 is 1.31. The smallest absolute Gasteiger partial charge is 0.345 e. The second kappa shape index (κ2) is 4.49. The first-order valence-electron chi connectivity index (χ1n) is 5.69. The number of aromatic carboxylic acids is 1. The summed E-state index contributed by atoms with van der Waals surface area (Å²) in [5.74, 6) is -0.241. The van der Waals surface area contributed by atoms with Crippen LogP contribution in [-0.2, 0) is 6.54 Å². The molecule has 5 heteroatoms. The van der Waals surface area contributed by atoms with Gasteiger partial charge in [0.05, 0.1) is 5.69 Å². The van der Waals surface area contributed by atoms with Crippen LogP contribution in [-0.4, -0.2) is 20.9 Å². The standard InChI is InChI=1S/C12H16N2O2S/c1-7(2)4-5-14-11-9(8(3)13-14)6-10(17-11)12(15)16/h6-7H,4-5H2,1-3H3,(H,15,16). The third kappa shape index (κ3) is 2.34. The number of carboxylic acids is 1. The zero-order chi connectivity index (χ0) is 12.6. The quantitative estimate of drug-likeness (QED) is 0.909. The Kier molecular flexibility index (Phi) is 3.19. The SMILES string of the molecule is Cc1nn(CCC(C)C)c2sc(C(=O)O)cc12. The Labute approximate surface area is 104 Å². The lowest BCUT2D eigenvalue weighted by molar-refractivity contribution is 0.0702. The molecule has 0 aliphatic rings. The highest BCUT2D eigenvalue weighted by molar-refractivity contribution is 7.20. The number of hydrogen-bond donors (Lipinski definition) is 1. The van der Waals surface area contributed by atoms with Gasteiger partial charge in [0.15, 0.2) is 0 Å². The van der Waals surface area contributed by atoms with E-state index in [0.29, 0.717) is 10.8 Å². The minimum absolute atomic E-state index is 0.388. The maximum Gasteiger partial charge on any atom is 0.345 e. The van der Waals surface area contributed by atoms with Crippen LogP contribution in [0.25, 0.3) is 10.2 Å². The maximum absolute atomic E-state index is 10.9. The molecule has 0 saturated heterocycles. The van der Waals surface area contributed by atoms with Crippen LogP contribution in [0, 0.1) is 12.8 Å². The van der Waals surface area contributed by atoms with E-state index >= 15 is 0 Å². The van der Waals surface area contributed by atoms with Crippen LogP contribution in [0.2, 0.25) is 0 Å². The molecule has 0 aliphatic carbocycles. The number of aromatic nitrogens is 2. The molecule has 4 nitrogen and oxygen atoms in total. The summed E-state index contributed by atoms with van der Waals surface area (Å²) in [6.45, 7) is 7.11. The molecule has 2 heterocycles. The van der Waals surface area contributed by atoms with Gasteiger partial charge in [-0.1, -0.05) is 13.8 Å². The average molecular weight is 252 g/mol. The first kappa shape index (κ1) is 12.1. The Morgan fingerprint density at radius 3 is 2.88 bits per heavy atom. The van der Waals surface area contributed by atoms with Crippen molar-refractivity contribution in [2.24, 2.45) is 5.92 Å². The Morgan fingerprint density at radius 1 is 1.59 bits per heavy atom. The zero-order valence-corrected chi connectivity index (χ0v) is 11.0. The highest BCUT2D eigenvalue weighted by Crippen LogP contribution is 2.28. The van der Waals surface area contributed by atoms with E-state index in [-0.39, 0.29) is 0 Å². The molecule has 0 amide bonds. The molecule has 0 saturated carbocycles. The number of rotatable bonds is 4. The van der Waals surface area contributed by atoms with Gasteiger partial charge in [0, 0.05) is 11.9 Å². The van der Waals surface area contributed by atoms with Crippen LogP contribution in [0.15, 0.2) is 6.07 Å². The van der Waals surface area contributed by atoms with Crippen molar-refractivity contribution in [2.75, 3.05) is 0 Å². The van der Waals surface area contributed by atoms with E-state index in [9.17, 15) is 4.79 Å². The van der Waals surface area contributed by atoms with Crippen molar-refractivity contribution in [3.8, 4) is 0 Å². The van der Waals surface area contributed by atoms with Gasteiger partial charge >= 0.3 is 5.97 Å². The van der Waals surface area contributed by atoms with Gasteiger partial charge < -0.3 is 5.11 Å². The van der Waals surface area contributed by atoms with E-state index in [2.05, 4.69) is 18.9 Å². The minimum atomic E-state index is -0.860. The third-order valence-corrected chi connectivity index (χ3v) is 3.87. The van der Waals surface area contributed by atoms with Crippen molar-refractivity contribution < 1.29 is 9.90 Å². The summed E-state index contributed by atoms with van der Waals surface area (Å²) in [4.78, 5) is 12.3. The molecule has 0 spiro atoms. The molecule has 2 aromatic heterocycles. The average Bonchev–Trinajstić information content (AvgIpc) is 2.77. The predicted octanol–water partition coefficient (Wildman–Crippen LogP) is 3.15. The molecule has 17 heavy (non-hydrogen) atoms. The molecule has 1 N–H and O–H groups in total. The molecule has 0 atom stereocenters. The molecular weight excluding hydrogens is 236 g/mol. The van der Waals surface area contributed by atoms with Crippen molar-refractivity contribution in [3.63, 3.8) is 0 Å². The number of carbonyl (C=O) groups is 1. The van der Waals surface area contributed by atoms with Crippen LogP contribution in [0.4, 0.5) is 0 Å². The molecule has 0 fully saturated rings. The van der Waals surface area contributed by atoms with E-state index < -0.39 is 5.97 Å². The van der Waals surface area contributed by atoms with Gasteiger partial charge in [0.25, 0.3) is 0 Å².